The van der Waals surface area contributed by atoms with Crippen LogP contribution in [0.2, 0.25) is 0 Å². The normalized spacial score (nSPS) is 12.9. The highest BCUT2D eigenvalue weighted by molar-refractivity contribution is 5.81. The van der Waals surface area contributed by atoms with E-state index < -0.39 is 35.2 Å². The summed E-state index contributed by atoms with van der Waals surface area (Å²) in [6, 6.07) is 23.3. The predicted octanol–water partition coefficient (Wildman–Crippen LogP) is 5.72. The van der Waals surface area contributed by atoms with Crippen molar-refractivity contribution in [2.45, 2.75) is 65.0 Å². The minimum Gasteiger partial charge on any atom is -0.481 e. The van der Waals surface area contributed by atoms with Crippen molar-refractivity contribution >= 4 is 29.8 Å². The molecule has 3 aromatic carbocycles. The number of aliphatic carboxylic acids is 1. The quantitative estimate of drug-likeness (QED) is 0.0900. The van der Waals surface area contributed by atoms with Crippen molar-refractivity contribution in [1.29, 1.82) is 0 Å². The van der Waals surface area contributed by atoms with Crippen LogP contribution >= 0.6 is 0 Å². The minimum absolute atomic E-state index is 0.00542. The van der Waals surface area contributed by atoms with E-state index >= 15 is 0 Å². The summed E-state index contributed by atoms with van der Waals surface area (Å²) in [7, 11) is 0. The van der Waals surface area contributed by atoms with Crippen molar-refractivity contribution < 1.29 is 43.2 Å². The first-order chi connectivity index (χ1) is 25.7. The third-order valence-electron chi connectivity index (χ3n) is 8.75. The Kier molecular flexibility index (Phi) is 15.3. The molecule has 1 aliphatic rings. The highest BCUT2D eigenvalue weighted by Gasteiger charge is 2.32. The number of hydrogen-bond donors (Lipinski definition) is 5. The van der Waals surface area contributed by atoms with Gasteiger partial charge in [0.25, 0.3) is 0 Å². The number of nitrogens with one attached hydrogen (secondary N) is 4. The largest absolute Gasteiger partial charge is 0.481 e. The van der Waals surface area contributed by atoms with Crippen LogP contribution in [0.15, 0.2) is 72.8 Å². The molecule has 0 saturated carbocycles. The molecule has 3 aromatic rings. The molecule has 0 fully saturated rings. The molecular weight excluding hydrogens is 692 g/mol. The molecule has 3 amide bonds. The number of carbonyl (C=O) groups excluding carboxylic acids is 3. The lowest BCUT2D eigenvalue weighted by atomic mass is 9.84. The van der Waals surface area contributed by atoms with Gasteiger partial charge >= 0.3 is 18.2 Å². The number of fused-ring (bicyclic) bond motifs is 3. The second-order valence-electron chi connectivity index (χ2n) is 14.8. The van der Waals surface area contributed by atoms with Gasteiger partial charge in [0, 0.05) is 30.7 Å². The molecule has 0 radical (unpaired) electrons. The zero-order valence-corrected chi connectivity index (χ0v) is 31.9. The third-order valence-corrected chi connectivity index (χ3v) is 8.75. The Morgan fingerprint density at radius 2 is 1.31 bits per heavy atom. The molecule has 0 aliphatic heterocycles. The Morgan fingerprint density at radius 1 is 0.741 bits per heavy atom. The summed E-state index contributed by atoms with van der Waals surface area (Å²) in [5.41, 5.74) is 4.56. The van der Waals surface area contributed by atoms with Crippen LogP contribution in [0.1, 0.15) is 63.6 Å². The topological polar surface area (TPSA) is 174 Å². The number of carbonyl (C=O) groups is 4. The van der Waals surface area contributed by atoms with E-state index in [9.17, 15) is 24.3 Å². The fourth-order valence-electron chi connectivity index (χ4n) is 6.10. The van der Waals surface area contributed by atoms with Gasteiger partial charge in [-0.25, -0.2) is 9.59 Å². The number of anilines is 1. The SMILES string of the molecule is CC(C)(C)OC(=O)N[C@H](Cc1ccc(NCC(=O)NCCOCCOCCNC(=O)OCC2c3ccccc3-c3ccccc32)cc1)CC(C)(C)C(=O)O. The van der Waals surface area contributed by atoms with Gasteiger partial charge in [-0.3, -0.25) is 9.59 Å². The van der Waals surface area contributed by atoms with Crippen molar-refractivity contribution in [3.8, 4) is 11.1 Å². The van der Waals surface area contributed by atoms with Crippen molar-refractivity contribution in [3.63, 3.8) is 0 Å². The second-order valence-corrected chi connectivity index (χ2v) is 14.8. The van der Waals surface area contributed by atoms with E-state index in [1.165, 1.54) is 11.1 Å². The Labute approximate surface area is 317 Å². The lowest BCUT2D eigenvalue weighted by Gasteiger charge is -2.28. The molecule has 5 N–H and O–H groups in total. The summed E-state index contributed by atoms with van der Waals surface area (Å²) in [5, 5.41) is 21.0. The van der Waals surface area contributed by atoms with Crippen molar-refractivity contribution in [3.05, 3.63) is 89.5 Å². The number of rotatable bonds is 20. The summed E-state index contributed by atoms with van der Waals surface area (Å²) >= 11 is 0. The Bertz CT molecular complexity index is 1660. The smallest absolute Gasteiger partial charge is 0.407 e. The lowest BCUT2D eigenvalue weighted by Crippen LogP contribution is -2.43. The van der Waals surface area contributed by atoms with E-state index in [4.69, 9.17) is 18.9 Å². The molecule has 4 rings (SSSR count). The maximum absolute atomic E-state index is 12.4. The molecule has 292 valence electrons. The van der Waals surface area contributed by atoms with E-state index in [0.29, 0.717) is 45.9 Å². The number of benzene rings is 3. The highest BCUT2D eigenvalue weighted by atomic mass is 16.6. The summed E-state index contributed by atoms with van der Waals surface area (Å²) in [5.74, 6) is -1.15. The number of hydrogen-bond acceptors (Lipinski definition) is 9. The molecule has 0 bridgehead atoms. The van der Waals surface area contributed by atoms with Crippen LogP contribution in [0.3, 0.4) is 0 Å². The summed E-state index contributed by atoms with van der Waals surface area (Å²) in [4.78, 5) is 48.8. The van der Waals surface area contributed by atoms with Gasteiger partial charge in [0.2, 0.25) is 5.91 Å². The first-order valence-corrected chi connectivity index (χ1v) is 18.3. The van der Waals surface area contributed by atoms with Crippen LogP contribution < -0.4 is 21.3 Å². The number of amides is 3. The molecule has 0 unspecified atom stereocenters. The van der Waals surface area contributed by atoms with E-state index in [2.05, 4.69) is 45.5 Å². The average Bonchev–Trinajstić information content (AvgIpc) is 3.43. The first kappa shape index (κ1) is 41.6. The Balaban J connectivity index is 1.03. The Hall–Kier alpha value is -5.14. The predicted molar refractivity (Wildman–Crippen MR) is 206 cm³/mol. The van der Waals surface area contributed by atoms with E-state index in [1.807, 2.05) is 48.5 Å². The third kappa shape index (κ3) is 13.4. The molecule has 0 saturated heterocycles. The van der Waals surface area contributed by atoms with E-state index in [-0.39, 0.29) is 31.4 Å². The molecule has 1 aliphatic carbocycles. The fraction of sp³-hybridized carbons (Fsp3) is 0.463. The van der Waals surface area contributed by atoms with Crippen LogP contribution in [0.5, 0.6) is 0 Å². The van der Waals surface area contributed by atoms with Crippen LogP contribution in [0.25, 0.3) is 11.1 Å². The average molecular weight is 747 g/mol. The van der Waals surface area contributed by atoms with Gasteiger partial charge in [-0.2, -0.15) is 0 Å². The van der Waals surface area contributed by atoms with Crippen molar-refractivity contribution in [2.24, 2.45) is 5.41 Å². The molecule has 0 heterocycles. The number of carboxylic acids is 1. The van der Waals surface area contributed by atoms with E-state index in [0.717, 1.165) is 22.4 Å². The number of alkyl carbamates (subject to hydrolysis) is 2. The van der Waals surface area contributed by atoms with Crippen LogP contribution in [-0.4, -0.2) is 93.5 Å². The van der Waals surface area contributed by atoms with Crippen LogP contribution in [-0.2, 0) is 35.0 Å². The van der Waals surface area contributed by atoms with Crippen LogP contribution in [0, 0.1) is 5.41 Å². The fourth-order valence-corrected chi connectivity index (χ4v) is 6.10. The minimum atomic E-state index is -1.05. The van der Waals surface area contributed by atoms with Gasteiger partial charge in [-0.1, -0.05) is 60.7 Å². The van der Waals surface area contributed by atoms with Gasteiger partial charge in [0.15, 0.2) is 0 Å². The van der Waals surface area contributed by atoms with Gasteiger partial charge in [0.1, 0.15) is 12.2 Å². The lowest BCUT2D eigenvalue weighted by molar-refractivity contribution is -0.147. The molecule has 0 aromatic heterocycles. The summed E-state index contributed by atoms with van der Waals surface area (Å²) in [6.07, 6.45) is -0.479. The maximum Gasteiger partial charge on any atom is 0.407 e. The van der Waals surface area contributed by atoms with E-state index in [1.54, 1.807) is 34.6 Å². The zero-order valence-electron chi connectivity index (χ0n) is 31.9. The number of ether oxygens (including phenoxy) is 4. The zero-order chi connectivity index (χ0) is 39.1. The summed E-state index contributed by atoms with van der Waals surface area (Å²) < 4.78 is 22.0. The molecule has 13 nitrogen and oxygen atoms in total. The highest BCUT2D eigenvalue weighted by Crippen LogP contribution is 2.44. The van der Waals surface area contributed by atoms with Crippen molar-refractivity contribution in [2.75, 3.05) is 58.0 Å². The van der Waals surface area contributed by atoms with Gasteiger partial charge in [0.05, 0.1) is 38.4 Å². The summed E-state index contributed by atoms with van der Waals surface area (Å²) in [6.45, 7) is 10.8. The van der Waals surface area contributed by atoms with Gasteiger partial charge in [-0.05, 0) is 87.4 Å². The van der Waals surface area contributed by atoms with Crippen molar-refractivity contribution in [1.82, 2.24) is 16.0 Å². The molecule has 1 atom stereocenters. The molecule has 0 spiro atoms. The molecular formula is C41H54N4O9. The standard InChI is InChI=1S/C41H54N4O9/c1-40(2,3)54-39(50)45-30(25-41(4,5)37(47)48)24-28-14-16-29(17-15-28)44-26-36(46)42-18-20-51-22-23-52-21-19-43-38(49)53-27-35-33-12-8-6-10-31(33)32-11-7-9-13-34(32)35/h6-17,30,35,44H,18-27H2,1-5H3,(H,42,46)(H,43,49)(H,45,50)(H,47,48)/t30-/m1/s1. The number of carboxylic acid groups (broad SMARTS) is 1. The molecule has 13 heteroatoms. The Morgan fingerprint density at radius 3 is 1.89 bits per heavy atom. The monoisotopic (exact) mass is 746 g/mol. The van der Waals surface area contributed by atoms with Gasteiger partial charge < -0.3 is 45.3 Å². The van der Waals surface area contributed by atoms with Crippen LogP contribution in [0.4, 0.5) is 15.3 Å². The molecule has 54 heavy (non-hydrogen) atoms. The first-order valence-electron chi connectivity index (χ1n) is 18.3. The maximum atomic E-state index is 12.4. The van der Waals surface area contributed by atoms with Gasteiger partial charge in [-0.15, -0.1) is 0 Å². The second kappa shape index (κ2) is 19.8.